The zero-order valence-electron chi connectivity index (χ0n) is 11.2. The minimum absolute atomic E-state index is 0.379. The fourth-order valence-electron chi connectivity index (χ4n) is 1.42. The molecule has 9 heteroatoms. The number of amides is 2. The van der Waals surface area contributed by atoms with Gasteiger partial charge in [-0.2, -0.15) is 13.2 Å². The molecule has 2 atom stereocenters. The lowest BCUT2D eigenvalue weighted by Crippen LogP contribution is -2.63. The molecule has 0 aliphatic rings. The number of urea groups is 1. The van der Waals surface area contributed by atoms with E-state index in [9.17, 15) is 22.8 Å². The summed E-state index contributed by atoms with van der Waals surface area (Å²) in [5.41, 5.74) is -2.80. The summed E-state index contributed by atoms with van der Waals surface area (Å²) in [6.45, 7) is 1.91. The summed E-state index contributed by atoms with van der Waals surface area (Å²) < 4.78 is 38.2. The summed E-state index contributed by atoms with van der Waals surface area (Å²) in [7, 11) is 0. The van der Waals surface area contributed by atoms with Gasteiger partial charge in [0.25, 0.3) is 0 Å². The molecule has 2 amide bonds. The van der Waals surface area contributed by atoms with Gasteiger partial charge in [-0.15, -0.1) is 0 Å². The number of aliphatic carboxylic acids is 1. The van der Waals surface area contributed by atoms with E-state index in [0.29, 0.717) is 12.5 Å². The number of carboxylic acids is 1. The molecule has 0 aliphatic heterocycles. The molecular weight excluding hydrogens is 291 g/mol. The van der Waals surface area contributed by atoms with Crippen molar-refractivity contribution in [3.8, 4) is 0 Å². The Balaban J connectivity index is 2.79. The van der Waals surface area contributed by atoms with Gasteiger partial charge in [0, 0.05) is 12.4 Å². The third-order valence-corrected chi connectivity index (χ3v) is 2.89. The van der Waals surface area contributed by atoms with Gasteiger partial charge in [0.2, 0.25) is 5.54 Å². The van der Waals surface area contributed by atoms with Crippen LogP contribution in [0.1, 0.15) is 25.5 Å². The van der Waals surface area contributed by atoms with Crippen molar-refractivity contribution >= 4 is 12.0 Å². The van der Waals surface area contributed by atoms with Crippen LogP contribution in [-0.4, -0.2) is 33.8 Å². The molecule has 1 heterocycles. The van der Waals surface area contributed by atoms with E-state index >= 15 is 0 Å². The third-order valence-electron chi connectivity index (χ3n) is 2.89. The monoisotopic (exact) mass is 305 g/mol. The molecule has 2 unspecified atom stereocenters. The number of aromatic nitrogens is 1. The van der Waals surface area contributed by atoms with Gasteiger partial charge in [-0.3, -0.25) is 4.98 Å². The van der Waals surface area contributed by atoms with Crippen LogP contribution in [0.5, 0.6) is 0 Å². The van der Waals surface area contributed by atoms with E-state index in [-0.39, 0.29) is 0 Å². The number of hydrogen-bond acceptors (Lipinski definition) is 3. The van der Waals surface area contributed by atoms with Crippen LogP contribution in [-0.2, 0) is 4.79 Å². The second kappa shape index (κ2) is 5.98. The van der Waals surface area contributed by atoms with Crippen LogP contribution in [0.2, 0.25) is 0 Å². The lowest BCUT2D eigenvalue weighted by molar-refractivity contribution is -0.203. The Kier molecular flexibility index (Phi) is 4.77. The largest absolute Gasteiger partial charge is 0.479 e. The zero-order chi connectivity index (χ0) is 16.3. The van der Waals surface area contributed by atoms with Gasteiger partial charge in [-0.25, -0.2) is 9.59 Å². The van der Waals surface area contributed by atoms with Crippen molar-refractivity contribution in [1.82, 2.24) is 15.6 Å². The van der Waals surface area contributed by atoms with E-state index in [4.69, 9.17) is 5.11 Å². The smallest absolute Gasteiger partial charge is 0.422 e. The fraction of sp³-hybridized carbons (Fsp3) is 0.417. The Morgan fingerprint density at radius 1 is 1.38 bits per heavy atom. The number of halogens is 3. The van der Waals surface area contributed by atoms with E-state index < -0.39 is 29.8 Å². The number of rotatable bonds is 4. The molecule has 3 N–H and O–H groups in total. The molecule has 0 spiro atoms. The lowest BCUT2D eigenvalue weighted by Gasteiger charge is -2.29. The van der Waals surface area contributed by atoms with Gasteiger partial charge >= 0.3 is 18.2 Å². The predicted octanol–water partition coefficient (Wildman–Crippen LogP) is 1.85. The maximum absolute atomic E-state index is 12.7. The second-order valence-corrected chi connectivity index (χ2v) is 4.53. The summed E-state index contributed by atoms with van der Waals surface area (Å²) in [5.74, 6) is -2.20. The van der Waals surface area contributed by atoms with Crippen LogP contribution in [0.3, 0.4) is 0 Å². The Hall–Kier alpha value is -2.32. The highest BCUT2D eigenvalue weighted by molar-refractivity contribution is 5.86. The minimum Gasteiger partial charge on any atom is -0.479 e. The highest BCUT2D eigenvalue weighted by atomic mass is 19.4. The maximum Gasteiger partial charge on any atom is 0.422 e. The molecule has 1 aromatic rings. The molecule has 1 aromatic heterocycles. The minimum atomic E-state index is -5.13. The Labute approximate surface area is 118 Å². The van der Waals surface area contributed by atoms with E-state index in [1.54, 1.807) is 12.1 Å². The summed E-state index contributed by atoms with van der Waals surface area (Å²) >= 11 is 0. The van der Waals surface area contributed by atoms with Gasteiger partial charge in [0.05, 0.1) is 6.04 Å². The summed E-state index contributed by atoms with van der Waals surface area (Å²) in [6.07, 6.45) is -2.19. The molecule has 6 nitrogen and oxygen atoms in total. The van der Waals surface area contributed by atoms with Crippen molar-refractivity contribution in [2.24, 2.45) is 0 Å². The van der Waals surface area contributed by atoms with Gasteiger partial charge in [0.15, 0.2) is 0 Å². The van der Waals surface area contributed by atoms with Gasteiger partial charge in [-0.1, -0.05) is 6.07 Å². The number of nitrogens with one attached hydrogen (secondary N) is 2. The topological polar surface area (TPSA) is 91.3 Å². The molecule has 0 aliphatic carbocycles. The van der Waals surface area contributed by atoms with Crippen LogP contribution in [0.4, 0.5) is 18.0 Å². The number of pyridine rings is 1. The number of nitrogens with zero attached hydrogens (tertiary/aromatic N) is 1. The number of carboxylic acid groups (broad SMARTS) is 1. The number of carbonyl (C=O) groups is 2. The summed E-state index contributed by atoms with van der Waals surface area (Å²) in [5, 5.41) is 12.4. The van der Waals surface area contributed by atoms with E-state index in [2.05, 4.69) is 10.3 Å². The fourth-order valence-corrected chi connectivity index (χ4v) is 1.42. The van der Waals surface area contributed by atoms with Crippen LogP contribution < -0.4 is 10.6 Å². The van der Waals surface area contributed by atoms with Crippen molar-refractivity contribution < 1.29 is 27.9 Å². The van der Waals surface area contributed by atoms with Crippen molar-refractivity contribution in [1.29, 1.82) is 0 Å². The van der Waals surface area contributed by atoms with Crippen molar-refractivity contribution in [2.75, 3.05) is 0 Å². The SMILES string of the molecule is CC(NC(=O)NC(C)(C(=O)O)C(F)(F)F)c1cccnc1. The molecule has 0 bridgehead atoms. The number of alkyl halides is 3. The first-order chi connectivity index (χ1) is 9.58. The lowest BCUT2D eigenvalue weighted by atomic mass is 10.0. The van der Waals surface area contributed by atoms with Crippen molar-refractivity contribution in [3.05, 3.63) is 30.1 Å². The van der Waals surface area contributed by atoms with E-state index in [0.717, 1.165) is 0 Å². The number of carbonyl (C=O) groups excluding carboxylic acids is 1. The van der Waals surface area contributed by atoms with Gasteiger partial charge in [0.1, 0.15) is 0 Å². The van der Waals surface area contributed by atoms with Crippen molar-refractivity contribution in [2.45, 2.75) is 31.6 Å². The first-order valence-electron chi connectivity index (χ1n) is 5.86. The summed E-state index contributed by atoms with van der Waals surface area (Å²) in [6, 6.07) is 1.35. The first kappa shape index (κ1) is 16.7. The maximum atomic E-state index is 12.7. The van der Waals surface area contributed by atoms with Crippen LogP contribution in [0, 0.1) is 0 Å². The molecule has 0 saturated heterocycles. The Morgan fingerprint density at radius 2 is 2.00 bits per heavy atom. The first-order valence-corrected chi connectivity index (χ1v) is 5.86. The molecule has 21 heavy (non-hydrogen) atoms. The Bertz CT molecular complexity index is 521. The van der Waals surface area contributed by atoms with E-state index in [1.807, 2.05) is 0 Å². The van der Waals surface area contributed by atoms with Gasteiger partial charge in [-0.05, 0) is 25.5 Å². The molecule has 0 saturated carbocycles. The average Bonchev–Trinajstić information content (AvgIpc) is 2.37. The van der Waals surface area contributed by atoms with E-state index in [1.165, 1.54) is 24.6 Å². The normalized spacial score (nSPS) is 15.7. The molecule has 0 fully saturated rings. The predicted molar refractivity (Wildman–Crippen MR) is 66.4 cm³/mol. The summed E-state index contributed by atoms with van der Waals surface area (Å²) in [4.78, 5) is 26.2. The molecule has 0 aromatic carbocycles. The standard InChI is InChI=1S/C12H14F3N3O3/c1-7(8-4-3-5-16-6-8)17-10(21)18-11(2,9(19)20)12(13,14)15/h3-7H,1-2H3,(H,19,20)(H2,17,18,21). The van der Waals surface area contributed by atoms with Crippen molar-refractivity contribution in [3.63, 3.8) is 0 Å². The van der Waals surface area contributed by atoms with Gasteiger partial charge < -0.3 is 15.7 Å². The average molecular weight is 305 g/mol. The molecular formula is C12H14F3N3O3. The Morgan fingerprint density at radius 3 is 2.43 bits per heavy atom. The highest BCUT2D eigenvalue weighted by Gasteiger charge is 2.58. The zero-order valence-corrected chi connectivity index (χ0v) is 11.2. The van der Waals surface area contributed by atoms with Crippen LogP contribution >= 0.6 is 0 Å². The second-order valence-electron chi connectivity index (χ2n) is 4.53. The quantitative estimate of drug-likeness (QED) is 0.791. The molecule has 116 valence electrons. The van der Waals surface area contributed by atoms with Crippen LogP contribution in [0.15, 0.2) is 24.5 Å². The third kappa shape index (κ3) is 3.83. The van der Waals surface area contributed by atoms with Crippen LogP contribution in [0.25, 0.3) is 0 Å². The molecule has 1 rings (SSSR count). The highest BCUT2D eigenvalue weighted by Crippen LogP contribution is 2.30. The molecule has 0 radical (unpaired) electrons. The number of hydrogen-bond donors (Lipinski definition) is 3.